The summed E-state index contributed by atoms with van der Waals surface area (Å²) in [6.07, 6.45) is 0. The minimum Gasteiger partial charge on any atom is -0.389 e. The molecule has 0 aliphatic carbocycles. The molecule has 0 aromatic heterocycles. The van der Waals surface area contributed by atoms with Crippen molar-refractivity contribution in [3.8, 4) is 0 Å². The van der Waals surface area contributed by atoms with Crippen LogP contribution < -0.4 is 0 Å². The Labute approximate surface area is 88.0 Å². The Balaban J connectivity index is 2.80. The first-order valence-electron chi connectivity index (χ1n) is 3.70. The van der Waals surface area contributed by atoms with E-state index in [0.717, 1.165) is 6.07 Å². The molecule has 0 radical (unpaired) electrons. The van der Waals surface area contributed by atoms with Gasteiger partial charge < -0.3 is 4.74 Å². The Morgan fingerprint density at radius 1 is 1.36 bits per heavy atom. The maximum atomic E-state index is 13.0. The zero-order chi connectivity index (χ0) is 10.6. The van der Waals surface area contributed by atoms with Crippen molar-refractivity contribution in [3.63, 3.8) is 0 Å². The van der Waals surface area contributed by atoms with Gasteiger partial charge in [-0.3, -0.25) is 4.79 Å². The second-order valence-electron chi connectivity index (χ2n) is 2.38. The van der Waals surface area contributed by atoms with Crippen molar-refractivity contribution < 1.29 is 18.7 Å². The molecule has 74 valence electrons. The van der Waals surface area contributed by atoms with Gasteiger partial charge in [0.1, 0.15) is 11.1 Å². The molecule has 14 heavy (non-hydrogen) atoms. The van der Waals surface area contributed by atoms with E-state index in [0.29, 0.717) is 0 Å². The highest BCUT2D eigenvalue weighted by Gasteiger charge is 2.15. The predicted molar refractivity (Wildman–Crippen MR) is 50.6 cm³/mol. The van der Waals surface area contributed by atoms with Crippen LogP contribution in [0.2, 0.25) is 0 Å². The minimum absolute atomic E-state index is 0.104. The van der Waals surface area contributed by atoms with Gasteiger partial charge in [0.15, 0.2) is 0 Å². The van der Waals surface area contributed by atoms with Gasteiger partial charge in [0, 0.05) is 0 Å². The van der Waals surface area contributed by atoms with E-state index in [1.54, 1.807) is 0 Å². The van der Waals surface area contributed by atoms with Crippen LogP contribution in [0.15, 0.2) is 24.3 Å². The summed E-state index contributed by atoms with van der Waals surface area (Å²) in [5.74, 6) is -2.44. The highest BCUT2D eigenvalue weighted by Crippen LogP contribution is 2.08. The van der Waals surface area contributed by atoms with Gasteiger partial charge in [0.25, 0.3) is 0 Å². The van der Waals surface area contributed by atoms with Gasteiger partial charge in [-0.2, -0.15) is 0 Å². The second-order valence-corrected chi connectivity index (χ2v) is 2.94. The van der Waals surface area contributed by atoms with Gasteiger partial charge in [0.05, 0.1) is 5.56 Å². The summed E-state index contributed by atoms with van der Waals surface area (Å²) >= 11 is 2.81. The van der Waals surface area contributed by atoms with Crippen LogP contribution in [0.1, 0.15) is 10.4 Å². The third-order valence-corrected chi connectivity index (χ3v) is 1.87. The molecule has 5 heteroatoms. The molecule has 0 bridgehead atoms. The Hall–Kier alpha value is -1.23. The van der Waals surface area contributed by atoms with Gasteiger partial charge in [-0.15, -0.1) is 0 Å². The molecule has 0 aliphatic heterocycles. The Morgan fingerprint density at radius 2 is 2.00 bits per heavy atom. The molecule has 1 aromatic carbocycles. The molecule has 3 nitrogen and oxygen atoms in total. The van der Waals surface area contributed by atoms with E-state index >= 15 is 0 Å². The van der Waals surface area contributed by atoms with Gasteiger partial charge in [-0.05, 0) is 12.1 Å². The molecule has 0 spiro atoms. The number of halogens is 2. The molecule has 1 rings (SSSR count). The molecule has 0 amide bonds. The number of alkyl halides is 1. The van der Waals surface area contributed by atoms with Gasteiger partial charge in [-0.1, -0.05) is 28.1 Å². The SMILES string of the molecule is O=C(CBr)OC(=O)c1ccccc1F. The number of benzene rings is 1. The molecule has 0 aliphatic rings. The third kappa shape index (κ3) is 2.63. The number of rotatable bonds is 2. The number of ether oxygens (including phenoxy) is 1. The third-order valence-electron chi connectivity index (χ3n) is 1.41. The van der Waals surface area contributed by atoms with Crippen LogP contribution in [0.3, 0.4) is 0 Å². The smallest absolute Gasteiger partial charge is 0.348 e. The topological polar surface area (TPSA) is 43.4 Å². The monoisotopic (exact) mass is 260 g/mol. The van der Waals surface area contributed by atoms with Crippen molar-refractivity contribution in [1.82, 2.24) is 0 Å². The maximum Gasteiger partial charge on any atom is 0.348 e. The first-order chi connectivity index (χ1) is 6.65. The fraction of sp³-hybridized carbons (Fsp3) is 0.111. The lowest BCUT2D eigenvalue weighted by atomic mass is 10.2. The lowest BCUT2D eigenvalue weighted by Crippen LogP contribution is -2.14. The molecule has 0 fully saturated rings. The van der Waals surface area contributed by atoms with Gasteiger partial charge in [0.2, 0.25) is 0 Å². The van der Waals surface area contributed by atoms with Crippen LogP contribution in [0.25, 0.3) is 0 Å². The first-order valence-corrected chi connectivity index (χ1v) is 4.83. The van der Waals surface area contributed by atoms with Crippen molar-refractivity contribution in [1.29, 1.82) is 0 Å². The summed E-state index contributed by atoms with van der Waals surface area (Å²) in [7, 11) is 0. The molecule has 0 unspecified atom stereocenters. The second kappa shape index (κ2) is 4.85. The Morgan fingerprint density at radius 3 is 2.57 bits per heavy atom. The fourth-order valence-electron chi connectivity index (χ4n) is 0.812. The molecule has 0 saturated carbocycles. The van der Waals surface area contributed by atoms with E-state index in [2.05, 4.69) is 20.7 Å². The van der Waals surface area contributed by atoms with E-state index in [-0.39, 0.29) is 10.9 Å². The quantitative estimate of drug-likeness (QED) is 0.464. The summed E-state index contributed by atoms with van der Waals surface area (Å²) < 4.78 is 17.3. The van der Waals surface area contributed by atoms with E-state index < -0.39 is 17.8 Å². The number of carbonyl (C=O) groups excluding carboxylic acids is 2. The number of esters is 2. The van der Waals surface area contributed by atoms with Crippen molar-refractivity contribution in [2.75, 3.05) is 5.33 Å². The molecular formula is C9H6BrFO3. The van der Waals surface area contributed by atoms with E-state index in [1.165, 1.54) is 18.2 Å². The number of hydrogen-bond donors (Lipinski definition) is 0. The van der Waals surface area contributed by atoms with E-state index in [4.69, 9.17) is 0 Å². The highest BCUT2D eigenvalue weighted by molar-refractivity contribution is 9.09. The summed E-state index contributed by atoms with van der Waals surface area (Å²) in [6, 6.07) is 5.30. The van der Waals surface area contributed by atoms with Gasteiger partial charge >= 0.3 is 11.9 Å². The lowest BCUT2D eigenvalue weighted by molar-refractivity contribution is -0.134. The molecule has 0 saturated heterocycles. The summed E-state index contributed by atoms with van der Waals surface area (Å²) in [4.78, 5) is 21.8. The molecular weight excluding hydrogens is 255 g/mol. The van der Waals surface area contributed by atoms with E-state index in [9.17, 15) is 14.0 Å². The van der Waals surface area contributed by atoms with Crippen LogP contribution in [-0.2, 0) is 9.53 Å². The van der Waals surface area contributed by atoms with Crippen LogP contribution in [-0.4, -0.2) is 17.3 Å². The van der Waals surface area contributed by atoms with Gasteiger partial charge in [-0.25, -0.2) is 9.18 Å². The zero-order valence-electron chi connectivity index (χ0n) is 7.00. The largest absolute Gasteiger partial charge is 0.389 e. The standard InChI is InChI=1S/C9H6BrFO3/c10-5-8(12)14-9(13)6-3-1-2-4-7(6)11/h1-4H,5H2. The first kappa shape index (κ1) is 10.8. The molecule has 0 N–H and O–H groups in total. The van der Waals surface area contributed by atoms with Crippen LogP contribution in [0, 0.1) is 5.82 Å². The average Bonchev–Trinajstić information content (AvgIpc) is 2.18. The van der Waals surface area contributed by atoms with Crippen LogP contribution >= 0.6 is 15.9 Å². The van der Waals surface area contributed by atoms with Crippen molar-refractivity contribution in [2.24, 2.45) is 0 Å². The van der Waals surface area contributed by atoms with Crippen LogP contribution in [0.4, 0.5) is 4.39 Å². The maximum absolute atomic E-state index is 13.0. The minimum atomic E-state index is -0.979. The fourth-order valence-corrected chi connectivity index (χ4v) is 0.927. The molecule has 1 aromatic rings. The normalized spacial score (nSPS) is 9.57. The Bertz CT molecular complexity index is 365. The molecule has 0 atom stereocenters. The highest BCUT2D eigenvalue weighted by atomic mass is 79.9. The molecule has 0 heterocycles. The number of carbonyl (C=O) groups is 2. The summed E-state index contributed by atoms with van der Waals surface area (Å²) in [5, 5.41) is -0.104. The van der Waals surface area contributed by atoms with E-state index in [1.807, 2.05) is 0 Å². The van der Waals surface area contributed by atoms with Crippen LogP contribution in [0.5, 0.6) is 0 Å². The summed E-state index contributed by atoms with van der Waals surface area (Å²) in [6.45, 7) is 0. The van der Waals surface area contributed by atoms with Crippen molar-refractivity contribution in [2.45, 2.75) is 0 Å². The van der Waals surface area contributed by atoms with Crippen molar-refractivity contribution >= 4 is 27.9 Å². The summed E-state index contributed by atoms with van der Waals surface area (Å²) in [5.41, 5.74) is -0.248. The predicted octanol–water partition coefficient (Wildman–Crippen LogP) is 1.90. The average molecular weight is 261 g/mol. The Kier molecular flexibility index (Phi) is 3.76. The lowest BCUT2D eigenvalue weighted by Gasteiger charge is -2.01. The zero-order valence-corrected chi connectivity index (χ0v) is 8.58. The number of hydrogen-bond acceptors (Lipinski definition) is 3. The van der Waals surface area contributed by atoms with Crippen molar-refractivity contribution in [3.05, 3.63) is 35.6 Å².